The van der Waals surface area contributed by atoms with Crippen molar-refractivity contribution in [2.45, 2.75) is 47.8 Å². The van der Waals surface area contributed by atoms with Crippen LogP contribution in [0, 0.1) is 0 Å². The van der Waals surface area contributed by atoms with Crippen molar-refractivity contribution in [2.75, 3.05) is 20.2 Å². The van der Waals surface area contributed by atoms with Crippen LogP contribution in [0.5, 0.6) is 0 Å². The number of hydrogen-bond acceptors (Lipinski definition) is 3. The lowest BCUT2D eigenvalue weighted by atomic mass is 9.90. The zero-order valence-corrected chi connectivity index (χ0v) is 15.9. The molecule has 0 aromatic carbocycles. The van der Waals surface area contributed by atoms with Crippen molar-refractivity contribution in [3.8, 4) is 0 Å². The van der Waals surface area contributed by atoms with Gasteiger partial charge in [0.25, 0.3) is 0 Å². The van der Waals surface area contributed by atoms with Gasteiger partial charge in [0.2, 0.25) is 0 Å². The van der Waals surface area contributed by atoms with Crippen molar-refractivity contribution < 1.29 is 84.2 Å². The van der Waals surface area contributed by atoms with Crippen molar-refractivity contribution in [3.05, 3.63) is 12.7 Å². The van der Waals surface area contributed by atoms with Gasteiger partial charge in [-0.05, 0) is 7.05 Å². The Balaban J connectivity index is 6.44. The van der Waals surface area contributed by atoms with Gasteiger partial charge in [-0.15, -0.1) is 0 Å². The zero-order valence-electron chi connectivity index (χ0n) is 15.9. The van der Waals surface area contributed by atoms with E-state index in [1.807, 2.05) is 0 Å². The normalized spacial score (nSPS) is 15.5. The Morgan fingerprint density at radius 3 is 1.32 bits per heavy atom. The van der Waals surface area contributed by atoms with Crippen LogP contribution in [0.15, 0.2) is 12.7 Å². The maximum Gasteiger partial charge on any atom is 0.460 e. The van der Waals surface area contributed by atoms with Crippen molar-refractivity contribution in [1.82, 2.24) is 4.90 Å². The maximum atomic E-state index is 13.8. The summed E-state index contributed by atoms with van der Waals surface area (Å²) in [5.41, 5.74) is 0. The maximum absolute atomic E-state index is 13.8. The highest BCUT2D eigenvalue weighted by Gasteiger charge is 2.95. The van der Waals surface area contributed by atoms with Gasteiger partial charge in [-0.1, -0.05) is 6.58 Å². The minimum atomic E-state index is -8.68. The summed E-state index contributed by atoms with van der Waals surface area (Å²) in [6, 6.07) is -6.70. The fourth-order valence-corrected chi connectivity index (χ4v) is 1.88. The van der Waals surface area contributed by atoms with Crippen LogP contribution >= 0.6 is 0 Å². The molecular weight excluding hydrogens is 537 g/mol. The molecule has 0 spiro atoms. The van der Waals surface area contributed by atoms with Gasteiger partial charge in [-0.2, -0.15) is 74.6 Å². The summed E-state index contributed by atoms with van der Waals surface area (Å²) in [5.74, 6) is -51.7. The van der Waals surface area contributed by atoms with Crippen LogP contribution in [-0.4, -0.2) is 78.8 Å². The number of rotatable bonds is 11. The van der Waals surface area contributed by atoms with Crippen LogP contribution in [0.3, 0.4) is 0 Å². The number of alkyl halides is 17. The van der Waals surface area contributed by atoms with E-state index in [-0.39, 0.29) is 7.05 Å². The third kappa shape index (κ3) is 4.48. The molecule has 0 saturated carbocycles. The molecule has 0 aromatic rings. The fourth-order valence-electron chi connectivity index (χ4n) is 1.88. The molecule has 0 aliphatic rings. The van der Waals surface area contributed by atoms with E-state index in [1.54, 1.807) is 0 Å². The summed E-state index contributed by atoms with van der Waals surface area (Å²) < 4.78 is 227. The average Bonchev–Trinajstić information content (AvgIpc) is 2.65. The van der Waals surface area contributed by atoms with E-state index >= 15 is 0 Å². The lowest BCUT2D eigenvalue weighted by Crippen LogP contribution is -2.75. The Bertz CT molecular complexity index is 758. The van der Waals surface area contributed by atoms with Crippen molar-refractivity contribution in [3.63, 3.8) is 0 Å². The molecular formula is C14H10F17NO2. The molecule has 20 heteroatoms. The van der Waals surface area contributed by atoms with Crippen molar-refractivity contribution >= 4 is 5.97 Å². The second kappa shape index (κ2) is 8.89. The van der Waals surface area contributed by atoms with Gasteiger partial charge in [-0.25, -0.2) is 9.69 Å². The van der Waals surface area contributed by atoms with Gasteiger partial charge >= 0.3 is 53.7 Å². The summed E-state index contributed by atoms with van der Waals surface area (Å²) in [7, 11) is -0.269. The molecule has 0 aromatic heterocycles. The second-order valence-electron chi connectivity index (χ2n) is 6.28. The molecule has 0 fully saturated rings. The zero-order chi connectivity index (χ0) is 28.0. The average molecular weight is 547 g/mol. The van der Waals surface area contributed by atoms with E-state index in [1.165, 1.54) is 0 Å². The number of halogens is 17. The van der Waals surface area contributed by atoms with Crippen LogP contribution in [0.2, 0.25) is 0 Å². The summed E-state index contributed by atoms with van der Waals surface area (Å²) in [6.45, 7) is -0.322. The van der Waals surface area contributed by atoms with E-state index < -0.39 is 71.8 Å². The van der Waals surface area contributed by atoms with Gasteiger partial charge in [-0.3, -0.25) is 0 Å². The van der Waals surface area contributed by atoms with E-state index in [0.29, 0.717) is 6.08 Å². The first-order chi connectivity index (χ1) is 14.6. The van der Waals surface area contributed by atoms with Crippen molar-refractivity contribution in [1.29, 1.82) is 0 Å². The van der Waals surface area contributed by atoms with Gasteiger partial charge in [0.05, 0.1) is 0 Å². The molecule has 0 radical (unpaired) electrons. The number of hydrogen-bond donors (Lipinski definition) is 0. The number of nitrogens with zero attached hydrogens (tertiary/aromatic N) is 1. The molecule has 3 nitrogen and oxygen atoms in total. The minimum Gasteiger partial charge on any atom is -0.461 e. The highest BCUT2D eigenvalue weighted by Crippen LogP contribution is 2.64. The van der Waals surface area contributed by atoms with Crippen LogP contribution in [0.1, 0.15) is 0 Å². The molecule has 0 atom stereocenters. The Labute approximate surface area is 177 Å². The first-order valence-corrected chi connectivity index (χ1v) is 7.84. The summed E-state index contributed by atoms with van der Waals surface area (Å²) in [4.78, 5) is 9.37. The van der Waals surface area contributed by atoms with Gasteiger partial charge < -0.3 is 4.74 Å². The lowest BCUT2D eigenvalue weighted by molar-refractivity contribution is -0.467. The molecule has 0 heterocycles. The standard InChI is InChI=1S/C14H10F17NO2/c1-3-6(33)34-5-4-32(2)14(30,31)12(25,26)10(21,22)8(17,18)7(15,16)9(19,20)11(23,24)13(27,28)29/h3H,1,4-5H2,2H3. The molecule has 0 amide bonds. The molecule has 0 aliphatic carbocycles. The fraction of sp³-hybridized carbons (Fsp3) is 0.786. The van der Waals surface area contributed by atoms with Gasteiger partial charge in [0, 0.05) is 12.6 Å². The summed E-state index contributed by atoms with van der Waals surface area (Å²) >= 11 is 0. The van der Waals surface area contributed by atoms with Crippen LogP contribution in [-0.2, 0) is 9.53 Å². The largest absolute Gasteiger partial charge is 0.461 e. The molecule has 0 unspecified atom stereocenters. The quantitative estimate of drug-likeness (QED) is 0.146. The van der Waals surface area contributed by atoms with Crippen LogP contribution < -0.4 is 0 Å². The lowest BCUT2D eigenvalue weighted by Gasteiger charge is -2.44. The number of likely N-dealkylation sites (N-methyl/N-ethyl adjacent to an activating group) is 1. The van der Waals surface area contributed by atoms with E-state index in [4.69, 9.17) is 0 Å². The first kappa shape index (κ1) is 32.0. The van der Waals surface area contributed by atoms with Gasteiger partial charge in [0.1, 0.15) is 6.61 Å². The van der Waals surface area contributed by atoms with E-state index in [2.05, 4.69) is 11.3 Å². The number of carbonyl (C=O) groups excluding carboxylic acids is 1. The smallest absolute Gasteiger partial charge is 0.460 e. The predicted octanol–water partition coefficient (Wildman–Crippen LogP) is 5.61. The van der Waals surface area contributed by atoms with Crippen molar-refractivity contribution in [2.24, 2.45) is 0 Å². The number of ether oxygens (including phenoxy) is 1. The monoisotopic (exact) mass is 547 g/mol. The highest BCUT2D eigenvalue weighted by molar-refractivity contribution is 5.81. The van der Waals surface area contributed by atoms with E-state index in [9.17, 15) is 79.4 Å². The van der Waals surface area contributed by atoms with Crippen LogP contribution in [0.25, 0.3) is 0 Å². The Hall–Kier alpha value is -2.02. The molecule has 34 heavy (non-hydrogen) atoms. The molecule has 0 N–H and O–H groups in total. The van der Waals surface area contributed by atoms with Gasteiger partial charge in [0.15, 0.2) is 0 Å². The number of carbonyl (C=O) groups is 1. The summed E-state index contributed by atoms with van der Waals surface area (Å²) in [6.07, 6.45) is -7.43. The molecule has 0 saturated heterocycles. The Morgan fingerprint density at radius 2 is 1.00 bits per heavy atom. The predicted molar refractivity (Wildman–Crippen MR) is 74.5 cm³/mol. The first-order valence-electron chi connectivity index (χ1n) is 7.84. The SMILES string of the molecule is C=CC(=O)OCCN(C)C(F)(F)C(F)(F)C(F)(F)C(F)(F)C(F)(F)C(F)(F)C(F)(F)C(F)(F)F. The molecule has 0 aliphatic heterocycles. The minimum absolute atomic E-state index is 0.269. The topological polar surface area (TPSA) is 29.5 Å². The number of esters is 1. The highest BCUT2D eigenvalue weighted by atomic mass is 19.4. The Morgan fingerprint density at radius 1 is 0.676 bits per heavy atom. The molecule has 0 rings (SSSR count). The Kier molecular flexibility index (Phi) is 8.36. The third-order valence-corrected chi connectivity index (χ3v) is 4.02. The second-order valence-corrected chi connectivity index (χ2v) is 6.28. The van der Waals surface area contributed by atoms with Crippen LogP contribution in [0.4, 0.5) is 74.6 Å². The third-order valence-electron chi connectivity index (χ3n) is 4.02. The molecule has 0 bridgehead atoms. The van der Waals surface area contributed by atoms with E-state index in [0.717, 1.165) is 0 Å². The summed E-state index contributed by atoms with van der Waals surface area (Å²) in [5, 5.41) is 0. The molecule has 202 valence electrons.